The molecule has 3 heteroatoms. The van der Waals surface area contributed by atoms with Crippen molar-refractivity contribution in [3.8, 4) is 11.5 Å². The molecule has 0 aliphatic carbocycles. The van der Waals surface area contributed by atoms with E-state index in [1.165, 1.54) is 0 Å². The van der Waals surface area contributed by atoms with Gasteiger partial charge in [0.15, 0.2) is 11.5 Å². The molecule has 2 N–H and O–H groups in total. The highest BCUT2D eigenvalue weighted by Gasteiger charge is 2.27. The molecular formula is C14H14O3. The Morgan fingerprint density at radius 1 is 1.35 bits per heavy atom. The van der Waals surface area contributed by atoms with Crippen molar-refractivity contribution in [2.45, 2.75) is 12.8 Å². The van der Waals surface area contributed by atoms with Gasteiger partial charge in [0.1, 0.15) is 0 Å². The van der Waals surface area contributed by atoms with Crippen LogP contribution in [0.25, 0.3) is 10.8 Å². The third kappa shape index (κ3) is 1.39. The molecule has 0 aromatic heterocycles. The van der Waals surface area contributed by atoms with Gasteiger partial charge < -0.3 is 14.9 Å². The number of aliphatic hydroxyl groups is 1. The van der Waals surface area contributed by atoms with E-state index in [0.29, 0.717) is 12.4 Å². The van der Waals surface area contributed by atoms with E-state index in [1.54, 1.807) is 0 Å². The van der Waals surface area contributed by atoms with Crippen molar-refractivity contribution in [2.24, 2.45) is 0 Å². The van der Waals surface area contributed by atoms with Gasteiger partial charge in [-0.1, -0.05) is 18.2 Å². The molecule has 0 saturated heterocycles. The molecule has 88 valence electrons. The Bertz CT molecular complexity index is 590. The first-order valence-corrected chi connectivity index (χ1v) is 5.71. The number of phenols is 1. The zero-order valence-electron chi connectivity index (χ0n) is 9.60. The molecule has 1 aliphatic rings. The monoisotopic (exact) mass is 230 g/mol. The van der Waals surface area contributed by atoms with E-state index in [1.807, 2.05) is 31.2 Å². The molecule has 0 radical (unpaired) electrons. The van der Waals surface area contributed by atoms with Crippen molar-refractivity contribution in [1.29, 1.82) is 0 Å². The summed E-state index contributed by atoms with van der Waals surface area (Å²) >= 11 is 0. The van der Waals surface area contributed by atoms with Crippen LogP contribution in [0.2, 0.25) is 0 Å². The van der Waals surface area contributed by atoms with Gasteiger partial charge in [0.25, 0.3) is 0 Å². The van der Waals surface area contributed by atoms with Crippen LogP contribution in [0.5, 0.6) is 11.5 Å². The average molecular weight is 230 g/mol. The van der Waals surface area contributed by atoms with Crippen molar-refractivity contribution in [3.63, 3.8) is 0 Å². The summed E-state index contributed by atoms with van der Waals surface area (Å²) < 4.78 is 5.47. The lowest BCUT2D eigenvalue weighted by molar-refractivity contribution is 0.230. The van der Waals surface area contributed by atoms with Gasteiger partial charge in [0, 0.05) is 16.9 Å². The van der Waals surface area contributed by atoms with E-state index in [2.05, 4.69) is 0 Å². The van der Waals surface area contributed by atoms with Gasteiger partial charge in [-0.3, -0.25) is 0 Å². The molecule has 3 rings (SSSR count). The number of aryl methyl sites for hydroxylation is 1. The van der Waals surface area contributed by atoms with Crippen molar-refractivity contribution in [3.05, 3.63) is 35.4 Å². The van der Waals surface area contributed by atoms with Crippen LogP contribution in [0.3, 0.4) is 0 Å². The van der Waals surface area contributed by atoms with E-state index in [4.69, 9.17) is 4.74 Å². The van der Waals surface area contributed by atoms with E-state index in [9.17, 15) is 10.2 Å². The molecule has 3 nitrogen and oxygen atoms in total. The lowest BCUT2D eigenvalue weighted by atomic mass is 9.95. The van der Waals surface area contributed by atoms with E-state index in [0.717, 1.165) is 21.9 Å². The molecule has 1 unspecified atom stereocenters. The van der Waals surface area contributed by atoms with Crippen LogP contribution in [0.1, 0.15) is 17.0 Å². The zero-order chi connectivity index (χ0) is 12.0. The molecule has 1 heterocycles. The second kappa shape index (κ2) is 3.64. The van der Waals surface area contributed by atoms with Crippen molar-refractivity contribution in [2.75, 3.05) is 13.2 Å². The van der Waals surface area contributed by atoms with Crippen molar-refractivity contribution < 1.29 is 14.9 Å². The Morgan fingerprint density at radius 2 is 2.18 bits per heavy atom. The van der Waals surface area contributed by atoms with Crippen LogP contribution in [-0.4, -0.2) is 23.4 Å². The first kappa shape index (κ1) is 10.4. The highest BCUT2D eigenvalue weighted by Crippen LogP contribution is 2.45. The summed E-state index contributed by atoms with van der Waals surface area (Å²) in [6.07, 6.45) is 0. The fourth-order valence-corrected chi connectivity index (χ4v) is 2.44. The van der Waals surface area contributed by atoms with Gasteiger partial charge in [-0.15, -0.1) is 0 Å². The van der Waals surface area contributed by atoms with E-state index < -0.39 is 0 Å². The highest BCUT2D eigenvalue weighted by molar-refractivity contribution is 5.94. The van der Waals surface area contributed by atoms with Gasteiger partial charge in [-0.05, 0) is 23.9 Å². The fraction of sp³-hybridized carbons (Fsp3) is 0.286. The summed E-state index contributed by atoms with van der Waals surface area (Å²) in [5.74, 6) is 0.694. The zero-order valence-corrected chi connectivity index (χ0v) is 9.60. The van der Waals surface area contributed by atoms with Gasteiger partial charge in [0.05, 0.1) is 13.2 Å². The van der Waals surface area contributed by atoms with Crippen molar-refractivity contribution >= 4 is 10.8 Å². The lowest BCUT2D eigenvalue weighted by Gasteiger charge is -2.10. The molecule has 1 atom stereocenters. The lowest BCUT2D eigenvalue weighted by Crippen LogP contribution is -2.04. The predicted octanol–water partition coefficient (Wildman–Crippen LogP) is 2.32. The third-order valence-electron chi connectivity index (χ3n) is 3.45. The minimum atomic E-state index is -0.0279. The molecule has 0 fully saturated rings. The Morgan fingerprint density at radius 3 is 2.94 bits per heavy atom. The van der Waals surface area contributed by atoms with Gasteiger partial charge >= 0.3 is 0 Å². The van der Waals surface area contributed by atoms with E-state index >= 15 is 0 Å². The minimum Gasteiger partial charge on any atom is -0.504 e. The molecule has 2 aromatic rings. The van der Waals surface area contributed by atoms with Gasteiger partial charge in [-0.2, -0.15) is 0 Å². The quantitative estimate of drug-likeness (QED) is 0.790. The third-order valence-corrected chi connectivity index (χ3v) is 3.45. The number of ether oxygens (including phenoxy) is 1. The average Bonchev–Trinajstić information content (AvgIpc) is 2.74. The SMILES string of the molecule is Cc1cccc2c(O)c3c(cc12)C(CO)CO3. The maximum absolute atomic E-state index is 10.2. The van der Waals surface area contributed by atoms with Crippen LogP contribution in [-0.2, 0) is 0 Å². The number of hydrogen-bond acceptors (Lipinski definition) is 3. The van der Waals surface area contributed by atoms with Gasteiger partial charge in [0.2, 0.25) is 0 Å². The minimum absolute atomic E-state index is 0.0279. The summed E-state index contributed by atoms with van der Waals surface area (Å²) in [6, 6.07) is 7.83. The second-order valence-corrected chi connectivity index (χ2v) is 4.50. The molecule has 17 heavy (non-hydrogen) atoms. The number of phenolic OH excluding ortho intramolecular Hbond substituents is 1. The Labute approximate surface area is 99.3 Å². The largest absolute Gasteiger partial charge is 0.504 e. The Kier molecular flexibility index (Phi) is 2.23. The molecule has 2 aromatic carbocycles. The molecule has 1 aliphatic heterocycles. The Balaban J connectivity index is 2.36. The molecule has 0 bridgehead atoms. The topological polar surface area (TPSA) is 49.7 Å². The van der Waals surface area contributed by atoms with Crippen LogP contribution in [0.4, 0.5) is 0 Å². The normalized spacial score (nSPS) is 18.1. The number of aromatic hydroxyl groups is 1. The number of fused-ring (bicyclic) bond motifs is 2. The number of benzene rings is 2. The second-order valence-electron chi connectivity index (χ2n) is 4.50. The summed E-state index contributed by atoms with van der Waals surface area (Å²) in [6.45, 7) is 2.50. The molecular weight excluding hydrogens is 216 g/mol. The van der Waals surface area contributed by atoms with Crippen LogP contribution < -0.4 is 4.74 Å². The standard InChI is InChI=1S/C14H14O3/c1-8-3-2-4-10-11(8)5-12-9(6-15)7-17-14(12)13(10)16/h2-5,9,15-16H,6-7H2,1H3. The molecule has 0 amide bonds. The van der Waals surface area contributed by atoms with Gasteiger partial charge in [-0.25, -0.2) is 0 Å². The predicted molar refractivity (Wildman–Crippen MR) is 65.7 cm³/mol. The molecule has 0 saturated carbocycles. The maximum atomic E-state index is 10.2. The summed E-state index contributed by atoms with van der Waals surface area (Å²) in [4.78, 5) is 0. The number of rotatable bonds is 1. The summed E-state index contributed by atoms with van der Waals surface area (Å²) in [5.41, 5.74) is 2.02. The highest BCUT2D eigenvalue weighted by atomic mass is 16.5. The first-order valence-electron chi connectivity index (χ1n) is 5.71. The van der Waals surface area contributed by atoms with Crippen LogP contribution in [0, 0.1) is 6.92 Å². The molecule has 0 spiro atoms. The van der Waals surface area contributed by atoms with Crippen molar-refractivity contribution in [1.82, 2.24) is 0 Å². The summed E-state index contributed by atoms with van der Waals surface area (Å²) in [7, 11) is 0. The first-order chi connectivity index (χ1) is 8.22. The number of hydrogen-bond donors (Lipinski definition) is 2. The van der Waals surface area contributed by atoms with Crippen LogP contribution in [0.15, 0.2) is 24.3 Å². The van der Waals surface area contributed by atoms with Crippen LogP contribution >= 0.6 is 0 Å². The number of aliphatic hydroxyl groups excluding tert-OH is 1. The summed E-state index contributed by atoms with van der Waals surface area (Å²) in [5, 5.41) is 21.3. The fourth-order valence-electron chi connectivity index (χ4n) is 2.44. The maximum Gasteiger partial charge on any atom is 0.165 e. The van der Waals surface area contributed by atoms with E-state index in [-0.39, 0.29) is 18.3 Å². The Hall–Kier alpha value is -1.74. The smallest absolute Gasteiger partial charge is 0.165 e.